The van der Waals surface area contributed by atoms with Crippen molar-refractivity contribution in [3.8, 4) is 11.1 Å². The zero-order valence-electron chi connectivity index (χ0n) is 12.3. The summed E-state index contributed by atoms with van der Waals surface area (Å²) in [7, 11) is 0. The molecule has 0 bridgehead atoms. The highest BCUT2D eigenvalue weighted by molar-refractivity contribution is 5.85. The third kappa shape index (κ3) is 3.32. The lowest BCUT2D eigenvalue weighted by Crippen LogP contribution is -2.49. The molecule has 22 heavy (non-hydrogen) atoms. The van der Waals surface area contributed by atoms with E-state index in [-0.39, 0.29) is 12.4 Å². The number of aliphatic carboxylic acids is 1. The van der Waals surface area contributed by atoms with Gasteiger partial charge in [0, 0.05) is 6.42 Å². The van der Waals surface area contributed by atoms with Crippen molar-refractivity contribution in [1.82, 2.24) is 5.32 Å². The molecule has 1 atom stereocenters. The first-order chi connectivity index (χ1) is 10.2. The average molecular weight is 318 g/mol. The Hall–Kier alpha value is -1.84. The van der Waals surface area contributed by atoms with Crippen molar-refractivity contribution in [3.63, 3.8) is 0 Å². The predicted molar refractivity (Wildman–Crippen MR) is 90.4 cm³/mol. The quantitative estimate of drug-likeness (QED) is 0.907. The molecule has 2 aromatic rings. The summed E-state index contributed by atoms with van der Waals surface area (Å²) in [4.78, 5) is 11.6. The molecular formula is C18H20ClNO2. The Morgan fingerprint density at radius 3 is 2.23 bits per heavy atom. The highest BCUT2D eigenvalue weighted by Crippen LogP contribution is 2.26. The van der Waals surface area contributed by atoms with Crippen LogP contribution in [0, 0.1) is 0 Å². The molecule has 0 saturated carbocycles. The molecule has 0 radical (unpaired) electrons. The fourth-order valence-electron chi connectivity index (χ4n) is 3.01. The molecule has 0 aliphatic carbocycles. The molecule has 0 aromatic heterocycles. The summed E-state index contributed by atoms with van der Waals surface area (Å²) in [5, 5.41) is 12.7. The molecule has 0 spiro atoms. The molecule has 1 heterocycles. The molecule has 1 aliphatic rings. The van der Waals surface area contributed by atoms with Crippen LogP contribution >= 0.6 is 12.4 Å². The molecule has 3 nitrogen and oxygen atoms in total. The Balaban J connectivity index is 0.00000176. The highest BCUT2D eigenvalue weighted by Gasteiger charge is 2.40. The number of carbonyl (C=O) groups is 1. The second-order valence-corrected chi connectivity index (χ2v) is 5.66. The van der Waals surface area contributed by atoms with Gasteiger partial charge in [0.1, 0.15) is 5.54 Å². The van der Waals surface area contributed by atoms with Crippen molar-refractivity contribution in [2.75, 3.05) is 6.54 Å². The SMILES string of the molecule is Cl.O=C(O)[C@@]1(Cc2ccc(-c3ccccc3)cc2)CCCN1. The van der Waals surface area contributed by atoms with Gasteiger partial charge in [-0.25, -0.2) is 0 Å². The Morgan fingerprint density at radius 1 is 1.05 bits per heavy atom. The lowest BCUT2D eigenvalue weighted by molar-refractivity contribution is -0.144. The molecule has 1 saturated heterocycles. The molecule has 3 rings (SSSR count). The van der Waals surface area contributed by atoms with E-state index in [4.69, 9.17) is 0 Å². The van der Waals surface area contributed by atoms with E-state index in [1.165, 1.54) is 5.56 Å². The van der Waals surface area contributed by atoms with Gasteiger partial charge in [0.15, 0.2) is 0 Å². The third-order valence-corrected chi connectivity index (χ3v) is 4.22. The maximum Gasteiger partial charge on any atom is 0.324 e. The van der Waals surface area contributed by atoms with Gasteiger partial charge < -0.3 is 10.4 Å². The normalized spacial score (nSPS) is 20.4. The predicted octanol–water partition coefficient (Wildman–Crippen LogP) is 3.52. The molecule has 2 N–H and O–H groups in total. The maximum absolute atomic E-state index is 11.6. The number of carboxylic acid groups (broad SMARTS) is 1. The molecule has 0 unspecified atom stereocenters. The largest absolute Gasteiger partial charge is 0.480 e. The van der Waals surface area contributed by atoms with E-state index in [0.29, 0.717) is 12.8 Å². The van der Waals surface area contributed by atoms with Crippen LogP contribution in [0.25, 0.3) is 11.1 Å². The first-order valence-corrected chi connectivity index (χ1v) is 7.32. The van der Waals surface area contributed by atoms with E-state index in [0.717, 1.165) is 24.1 Å². The number of carboxylic acids is 1. The second-order valence-electron chi connectivity index (χ2n) is 5.66. The number of halogens is 1. The molecule has 1 fully saturated rings. The summed E-state index contributed by atoms with van der Waals surface area (Å²) in [6, 6.07) is 18.4. The molecule has 4 heteroatoms. The van der Waals surface area contributed by atoms with Crippen LogP contribution in [-0.4, -0.2) is 23.2 Å². The fourth-order valence-corrected chi connectivity index (χ4v) is 3.01. The summed E-state index contributed by atoms with van der Waals surface area (Å²) < 4.78 is 0. The smallest absolute Gasteiger partial charge is 0.324 e. The summed E-state index contributed by atoms with van der Waals surface area (Å²) in [6.07, 6.45) is 2.16. The molecule has 2 aromatic carbocycles. The number of rotatable bonds is 4. The number of benzene rings is 2. The highest BCUT2D eigenvalue weighted by atomic mass is 35.5. The molecule has 1 aliphatic heterocycles. The summed E-state index contributed by atoms with van der Waals surface area (Å²) in [5.74, 6) is -0.743. The summed E-state index contributed by atoms with van der Waals surface area (Å²) in [6.45, 7) is 0.786. The second kappa shape index (κ2) is 6.95. The van der Waals surface area contributed by atoms with Crippen LogP contribution in [0.3, 0.4) is 0 Å². The van der Waals surface area contributed by atoms with Crippen molar-refractivity contribution in [3.05, 3.63) is 60.2 Å². The zero-order chi connectivity index (χ0) is 14.7. The van der Waals surface area contributed by atoms with Crippen molar-refractivity contribution in [1.29, 1.82) is 0 Å². The molecule has 116 valence electrons. The van der Waals surface area contributed by atoms with Crippen molar-refractivity contribution < 1.29 is 9.90 Å². The monoisotopic (exact) mass is 317 g/mol. The van der Waals surface area contributed by atoms with Gasteiger partial charge in [-0.1, -0.05) is 54.6 Å². The zero-order valence-corrected chi connectivity index (χ0v) is 13.1. The van der Waals surface area contributed by atoms with Crippen molar-refractivity contribution in [2.24, 2.45) is 0 Å². The number of hydrogen-bond donors (Lipinski definition) is 2. The Morgan fingerprint density at radius 2 is 1.68 bits per heavy atom. The van der Waals surface area contributed by atoms with Gasteiger partial charge >= 0.3 is 5.97 Å². The first-order valence-electron chi connectivity index (χ1n) is 7.32. The average Bonchev–Trinajstić information content (AvgIpc) is 2.99. The van der Waals surface area contributed by atoms with Crippen LogP contribution in [0.15, 0.2) is 54.6 Å². The molecule has 0 amide bonds. The van der Waals surface area contributed by atoms with E-state index >= 15 is 0 Å². The lowest BCUT2D eigenvalue weighted by atomic mass is 9.89. The van der Waals surface area contributed by atoms with Crippen LogP contribution in [0.4, 0.5) is 0 Å². The first kappa shape index (κ1) is 16.5. The van der Waals surface area contributed by atoms with E-state index in [1.54, 1.807) is 0 Å². The Labute approximate surface area is 136 Å². The van der Waals surface area contributed by atoms with Crippen molar-refractivity contribution in [2.45, 2.75) is 24.8 Å². The maximum atomic E-state index is 11.6. The van der Waals surface area contributed by atoms with Gasteiger partial charge in [-0.3, -0.25) is 4.79 Å². The van der Waals surface area contributed by atoms with Crippen LogP contribution < -0.4 is 5.32 Å². The van der Waals surface area contributed by atoms with E-state index in [9.17, 15) is 9.90 Å². The van der Waals surface area contributed by atoms with E-state index in [1.807, 2.05) is 30.3 Å². The summed E-state index contributed by atoms with van der Waals surface area (Å²) in [5.41, 5.74) is 2.61. The minimum atomic E-state index is -0.783. The number of hydrogen-bond acceptors (Lipinski definition) is 2. The van der Waals surface area contributed by atoms with Gasteiger partial charge in [-0.2, -0.15) is 0 Å². The number of nitrogens with one attached hydrogen (secondary N) is 1. The van der Waals surface area contributed by atoms with E-state index < -0.39 is 11.5 Å². The van der Waals surface area contributed by atoms with Crippen LogP contribution in [0.2, 0.25) is 0 Å². The van der Waals surface area contributed by atoms with Gasteiger partial charge in [0.2, 0.25) is 0 Å². The summed E-state index contributed by atoms with van der Waals surface area (Å²) >= 11 is 0. The van der Waals surface area contributed by atoms with E-state index in [2.05, 4.69) is 29.6 Å². The van der Waals surface area contributed by atoms with Gasteiger partial charge in [-0.05, 0) is 36.1 Å². The minimum Gasteiger partial charge on any atom is -0.480 e. The fraction of sp³-hybridized carbons (Fsp3) is 0.278. The van der Waals surface area contributed by atoms with Crippen LogP contribution in [-0.2, 0) is 11.2 Å². The topological polar surface area (TPSA) is 49.3 Å². The van der Waals surface area contributed by atoms with Crippen molar-refractivity contribution >= 4 is 18.4 Å². The minimum absolute atomic E-state index is 0. The van der Waals surface area contributed by atoms with Gasteiger partial charge in [0.05, 0.1) is 0 Å². The van der Waals surface area contributed by atoms with Gasteiger partial charge in [0.25, 0.3) is 0 Å². The third-order valence-electron chi connectivity index (χ3n) is 4.22. The van der Waals surface area contributed by atoms with Gasteiger partial charge in [-0.15, -0.1) is 12.4 Å². The Bertz CT molecular complexity index is 619. The molecular weight excluding hydrogens is 298 g/mol. The van der Waals surface area contributed by atoms with Crippen LogP contribution in [0.1, 0.15) is 18.4 Å². The van der Waals surface area contributed by atoms with Crippen LogP contribution in [0.5, 0.6) is 0 Å². The Kier molecular flexibility index (Phi) is 5.22. The lowest BCUT2D eigenvalue weighted by Gasteiger charge is -2.24. The standard InChI is InChI=1S/C18H19NO2.ClH/c20-17(21)18(11-4-12-19-18)13-14-7-9-16(10-8-14)15-5-2-1-3-6-15;/h1-3,5-10,19H,4,11-13H2,(H,20,21);1H/t18-;/m0./s1.